The van der Waals surface area contributed by atoms with E-state index in [9.17, 15) is 9.59 Å². The van der Waals surface area contributed by atoms with E-state index in [1.807, 2.05) is 17.9 Å². The number of nitrogens with zero attached hydrogens (tertiary/aromatic N) is 4. The van der Waals surface area contributed by atoms with Gasteiger partial charge in [-0.1, -0.05) is 29.8 Å². The number of pyridine rings is 2. The van der Waals surface area contributed by atoms with Gasteiger partial charge in [0.2, 0.25) is 5.91 Å². The molecule has 0 atom stereocenters. The molecule has 1 aliphatic heterocycles. The van der Waals surface area contributed by atoms with Crippen molar-refractivity contribution in [2.75, 3.05) is 66.0 Å². The molecule has 10 nitrogen and oxygen atoms in total. The third-order valence-electron chi connectivity index (χ3n) is 7.84. The van der Waals surface area contributed by atoms with Crippen LogP contribution in [-0.2, 0) is 16.1 Å². The van der Waals surface area contributed by atoms with E-state index in [2.05, 4.69) is 21.8 Å². The van der Waals surface area contributed by atoms with E-state index in [4.69, 9.17) is 37.4 Å². The molecule has 232 valence electrons. The summed E-state index contributed by atoms with van der Waals surface area (Å²) >= 11 is 13.5. The number of piperidine rings is 1. The van der Waals surface area contributed by atoms with Crippen molar-refractivity contribution in [2.24, 2.45) is 0 Å². The average Bonchev–Trinajstić information content (AvgIpc) is 3.02. The second-order valence-electron chi connectivity index (χ2n) is 10.2. The van der Waals surface area contributed by atoms with Crippen molar-refractivity contribution in [1.82, 2.24) is 19.4 Å². The number of rotatable bonds is 13. The Balaban J connectivity index is 1.78. The summed E-state index contributed by atoms with van der Waals surface area (Å²) < 4.78 is 18.1. The van der Waals surface area contributed by atoms with Gasteiger partial charge in [-0.25, -0.2) is 4.98 Å². The molecule has 0 spiro atoms. The van der Waals surface area contributed by atoms with Crippen LogP contribution in [0.25, 0.3) is 22.0 Å². The van der Waals surface area contributed by atoms with Crippen LogP contribution in [0.4, 0.5) is 5.82 Å². The van der Waals surface area contributed by atoms with Crippen LogP contribution < -0.4 is 20.3 Å². The smallest absolute Gasteiger partial charge is 0.259 e. The van der Waals surface area contributed by atoms with Gasteiger partial charge >= 0.3 is 0 Å². The van der Waals surface area contributed by atoms with Gasteiger partial charge in [0.25, 0.3) is 5.56 Å². The highest BCUT2D eigenvalue weighted by molar-refractivity contribution is 6.41. The molecule has 0 bridgehead atoms. The van der Waals surface area contributed by atoms with E-state index in [-0.39, 0.29) is 27.6 Å². The summed E-state index contributed by atoms with van der Waals surface area (Å²) in [6.07, 6.45) is 4.74. The molecule has 0 radical (unpaired) electrons. The lowest BCUT2D eigenvalue weighted by atomic mass is 10.0. The number of halogens is 2. The Morgan fingerprint density at radius 3 is 2.37 bits per heavy atom. The molecule has 1 amide bonds. The average molecular weight is 633 g/mol. The van der Waals surface area contributed by atoms with Gasteiger partial charge in [0.15, 0.2) is 0 Å². The molecule has 1 aliphatic rings. The molecule has 1 saturated heterocycles. The number of nitrogens with one attached hydrogen (secondary N) is 1. The second-order valence-corrected chi connectivity index (χ2v) is 11.0. The second kappa shape index (κ2) is 14.9. The van der Waals surface area contributed by atoms with E-state index in [1.165, 1.54) is 20.3 Å². The van der Waals surface area contributed by atoms with Gasteiger partial charge in [0, 0.05) is 81.7 Å². The third-order valence-corrected chi connectivity index (χ3v) is 8.59. The molecule has 43 heavy (non-hydrogen) atoms. The predicted octanol–water partition coefficient (Wildman–Crippen LogP) is 4.94. The molecule has 1 fully saturated rings. The highest BCUT2D eigenvalue weighted by Gasteiger charge is 2.27. The van der Waals surface area contributed by atoms with E-state index in [0.717, 1.165) is 23.7 Å². The highest BCUT2D eigenvalue weighted by Crippen LogP contribution is 2.45. The quantitative estimate of drug-likeness (QED) is 0.265. The van der Waals surface area contributed by atoms with Gasteiger partial charge in [-0.3, -0.25) is 14.5 Å². The van der Waals surface area contributed by atoms with E-state index in [1.54, 1.807) is 30.0 Å². The topological polar surface area (TPSA) is 98.2 Å². The Hall–Kier alpha value is -3.31. The van der Waals surface area contributed by atoms with Gasteiger partial charge in [0.05, 0.1) is 42.0 Å². The number of hydrogen-bond donors (Lipinski definition) is 1. The summed E-state index contributed by atoms with van der Waals surface area (Å²) in [6.45, 7) is 9.82. The Morgan fingerprint density at radius 2 is 1.79 bits per heavy atom. The Labute approximate surface area is 262 Å². The summed E-state index contributed by atoms with van der Waals surface area (Å²) in [5.41, 5.74) is 1.14. The van der Waals surface area contributed by atoms with Crippen molar-refractivity contribution in [3.05, 3.63) is 57.4 Å². The van der Waals surface area contributed by atoms with Crippen LogP contribution in [0, 0.1) is 0 Å². The first-order chi connectivity index (χ1) is 20.8. The molecule has 12 heteroatoms. The third kappa shape index (κ3) is 7.09. The van der Waals surface area contributed by atoms with Gasteiger partial charge in [-0.15, -0.1) is 0 Å². The summed E-state index contributed by atoms with van der Waals surface area (Å²) in [5.74, 6) is 1.31. The Morgan fingerprint density at radius 1 is 1.12 bits per heavy atom. The maximum Gasteiger partial charge on any atom is 0.259 e. The molecular weight excluding hydrogens is 593 g/mol. The number of ether oxygens (including phenoxy) is 3. The van der Waals surface area contributed by atoms with Crippen molar-refractivity contribution in [1.29, 1.82) is 0 Å². The van der Waals surface area contributed by atoms with E-state index < -0.39 is 0 Å². The fourth-order valence-corrected chi connectivity index (χ4v) is 6.27. The van der Waals surface area contributed by atoms with Crippen molar-refractivity contribution < 1.29 is 19.0 Å². The number of fused-ring (bicyclic) bond motifs is 1. The largest absolute Gasteiger partial charge is 0.495 e. The van der Waals surface area contributed by atoms with Crippen LogP contribution in [0.5, 0.6) is 11.5 Å². The maximum atomic E-state index is 14.3. The first-order valence-corrected chi connectivity index (χ1v) is 15.1. The number of methoxy groups -OCH3 is 3. The summed E-state index contributed by atoms with van der Waals surface area (Å²) in [4.78, 5) is 35.2. The van der Waals surface area contributed by atoms with Crippen molar-refractivity contribution in [3.8, 4) is 22.6 Å². The lowest BCUT2D eigenvalue weighted by Gasteiger charge is -2.38. The number of likely N-dealkylation sites (tertiary alicyclic amines) is 1. The van der Waals surface area contributed by atoms with E-state index >= 15 is 0 Å². The molecule has 1 aromatic carbocycles. The number of hydrogen-bond acceptors (Lipinski definition) is 8. The molecule has 0 aliphatic carbocycles. The molecule has 2 aromatic heterocycles. The van der Waals surface area contributed by atoms with Gasteiger partial charge in [-0.2, -0.15) is 0 Å². The molecule has 0 saturated carbocycles. The van der Waals surface area contributed by atoms with Crippen molar-refractivity contribution >= 4 is 45.8 Å². The Bertz CT molecular complexity index is 1490. The highest BCUT2D eigenvalue weighted by atomic mass is 35.5. The van der Waals surface area contributed by atoms with Gasteiger partial charge in [-0.05, 0) is 31.9 Å². The molecule has 3 aromatic rings. The first-order valence-electron chi connectivity index (χ1n) is 14.3. The number of aromatic nitrogens is 2. The zero-order valence-corrected chi connectivity index (χ0v) is 26.6. The summed E-state index contributed by atoms with van der Waals surface area (Å²) in [7, 11) is 4.67. The van der Waals surface area contributed by atoms with Gasteiger partial charge < -0.3 is 29.0 Å². The van der Waals surface area contributed by atoms with Crippen LogP contribution in [0.15, 0.2) is 41.8 Å². The molecule has 1 N–H and O–H groups in total. The predicted molar refractivity (Wildman–Crippen MR) is 172 cm³/mol. The van der Waals surface area contributed by atoms with Crippen LogP contribution >= 0.6 is 23.2 Å². The molecule has 3 heterocycles. The lowest BCUT2D eigenvalue weighted by molar-refractivity contribution is -0.127. The summed E-state index contributed by atoms with van der Waals surface area (Å²) in [5, 5.41) is 4.43. The molecule has 4 rings (SSSR count). The lowest BCUT2D eigenvalue weighted by Crippen LogP contribution is -2.48. The molecule has 0 unspecified atom stereocenters. The molecular formula is C31H39Cl2N5O5. The normalized spacial score (nSPS) is 13.9. The zero-order valence-electron chi connectivity index (χ0n) is 25.1. The van der Waals surface area contributed by atoms with Crippen LogP contribution in [0.2, 0.25) is 10.0 Å². The SMILES string of the molecule is C=CC(=O)N1CCC(N(CCOC)CCn2c(=O)c(-c3c(Cl)c(OC)cc(OC)c3Cl)cc3cnc(NCC)cc32)CC1. The Kier molecular flexibility index (Phi) is 11.3. The number of anilines is 1. The van der Waals surface area contributed by atoms with Gasteiger partial charge in [0.1, 0.15) is 17.3 Å². The first kappa shape index (κ1) is 32.6. The monoisotopic (exact) mass is 631 g/mol. The van der Waals surface area contributed by atoms with Crippen LogP contribution in [0.1, 0.15) is 19.8 Å². The minimum Gasteiger partial charge on any atom is -0.495 e. The van der Waals surface area contributed by atoms with Crippen molar-refractivity contribution in [3.63, 3.8) is 0 Å². The maximum absolute atomic E-state index is 14.3. The number of amides is 1. The van der Waals surface area contributed by atoms with E-state index in [0.29, 0.717) is 74.3 Å². The van der Waals surface area contributed by atoms with Crippen LogP contribution in [-0.4, -0.2) is 92.0 Å². The summed E-state index contributed by atoms with van der Waals surface area (Å²) in [6, 6.07) is 5.48. The minimum atomic E-state index is -0.252. The fraction of sp³-hybridized carbons (Fsp3) is 0.452. The standard InChI is InChI=1S/C31H39Cl2N5O5/c1-6-27(39)37-10-8-21(9-11-37)36(14-15-41-3)12-13-38-23-17-26(34-7-2)35-19-20(23)16-22(31(38)40)28-29(32)24(42-4)18-25(43-5)30(28)33/h6,16-19,21H,1,7-15H2,2-5H3,(H,34,35). The van der Waals surface area contributed by atoms with Crippen molar-refractivity contribution in [2.45, 2.75) is 32.4 Å². The fourth-order valence-electron chi connectivity index (χ4n) is 5.57. The van der Waals surface area contributed by atoms with Crippen LogP contribution in [0.3, 0.4) is 0 Å². The number of benzene rings is 1. The number of carbonyl (C=O) groups is 1. The number of carbonyl (C=O) groups excluding carboxylic acids is 1. The minimum absolute atomic E-state index is 0.0478. The zero-order chi connectivity index (χ0) is 31.1.